The summed E-state index contributed by atoms with van der Waals surface area (Å²) in [5.74, 6) is -0.931. The summed E-state index contributed by atoms with van der Waals surface area (Å²) >= 11 is 5.43. The maximum atomic E-state index is 10.6. The summed E-state index contributed by atoms with van der Waals surface area (Å²) in [6.07, 6.45) is 1.76. The van der Waals surface area contributed by atoms with Crippen LogP contribution in [0.3, 0.4) is 0 Å². The average Bonchev–Trinajstić information content (AvgIpc) is 2.37. The first kappa shape index (κ1) is 8.99. The standard InChI is InChI=1S/C6H8ClN3O2/c1-2-4(5(11)12)10-3-8-6(7)9-10/h3-4H,2H2,1H3,(H,11,12)/t4-/m0/s1. The van der Waals surface area contributed by atoms with Crippen LogP contribution >= 0.6 is 11.6 Å². The van der Waals surface area contributed by atoms with E-state index in [2.05, 4.69) is 10.1 Å². The Morgan fingerprint density at radius 1 is 1.92 bits per heavy atom. The van der Waals surface area contributed by atoms with Crippen LogP contribution in [-0.4, -0.2) is 25.8 Å². The first-order valence-electron chi connectivity index (χ1n) is 3.44. The highest BCUT2D eigenvalue weighted by Gasteiger charge is 2.18. The van der Waals surface area contributed by atoms with Crippen LogP contribution in [0.25, 0.3) is 0 Å². The SMILES string of the molecule is CC[C@@H](C(=O)O)n1cnc(Cl)n1. The molecule has 12 heavy (non-hydrogen) atoms. The van der Waals surface area contributed by atoms with E-state index in [0.29, 0.717) is 6.42 Å². The molecule has 0 saturated heterocycles. The van der Waals surface area contributed by atoms with Crippen LogP contribution in [-0.2, 0) is 4.79 Å². The van der Waals surface area contributed by atoms with E-state index in [1.807, 2.05) is 0 Å². The van der Waals surface area contributed by atoms with Crippen LogP contribution in [0.1, 0.15) is 19.4 Å². The summed E-state index contributed by atoms with van der Waals surface area (Å²) in [7, 11) is 0. The van der Waals surface area contributed by atoms with Gasteiger partial charge in [0.05, 0.1) is 0 Å². The molecule has 1 heterocycles. The number of nitrogens with zero attached hydrogens (tertiary/aromatic N) is 3. The molecule has 0 aromatic carbocycles. The van der Waals surface area contributed by atoms with E-state index in [1.54, 1.807) is 6.92 Å². The number of carboxylic acid groups (broad SMARTS) is 1. The van der Waals surface area contributed by atoms with Gasteiger partial charge in [-0.2, -0.15) is 0 Å². The Labute approximate surface area is 74.0 Å². The Morgan fingerprint density at radius 2 is 2.58 bits per heavy atom. The molecule has 1 aromatic heterocycles. The highest BCUT2D eigenvalue weighted by atomic mass is 35.5. The summed E-state index contributed by atoms with van der Waals surface area (Å²) in [6.45, 7) is 1.76. The lowest BCUT2D eigenvalue weighted by Crippen LogP contribution is -2.18. The van der Waals surface area contributed by atoms with E-state index in [4.69, 9.17) is 16.7 Å². The van der Waals surface area contributed by atoms with Crippen LogP contribution in [0.15, 0.2) is 6.33 Å². The molecule has 0 aliphatic carbocycles. The van der Waals surface area contributed by atoms with E-state index in [1.165, 1.54) is 11.0 Å². The highest BCUT2D eigenvalue weighted by molar-refractivity contribution is 6.28. The second-order valence-electron chi connectivity index (χ2n) is 2.26. The van der Waals surface area contributed by atoms with Crippen molar-refractivity contribution in [1.29, 1.82) is 0 Å². The fourth-order valence-electron chi connectivity index (χ4n) is 0.879. The molecule has 0 radical (unpaired) electrons. The third-order valence-electron chi connectivity index (χ3n) is 1.47. The van der Waals surface area contributed by atoms with Gasteiger partial charge in [-0.05, 0) is 18.0 Å². The molecule has 0 saturated carbocycles. The highest BCUT2D eigenvalue weighted by Crippen LogP contribution is 2.10. The first-order valence-corrected chi connectivity index (χ1v) is 3.82. The molecule has 1 N–H and O–H groups in total. The average molecular weight is 190 g/mol. The quantitative estimate of drug-likeness (QED) is 0.769. The summed E-state index contributed by atoms with van der Waals surface area (Å²) in [6, 6.07) is -0.676. The molecule has 5 nitrogen and oxygen atoms in total. The molecule has 1 aromatic rings. The number of rotatable bonds is 3. The predicted octanol–water partition coefficient (Wildman–Crippen LogP) is 0.967. The van der Waals surface area contributed by atoms with Crippen LogP contribution in [0.4, 0.5) is 0 Å². The number of aromatic nitrogens is 3. The Bertz CT molecular complexity index is 286. The second kappa shape index (κ2) is 3.53. The van der Waals surface area contributed by atoms with Gasteiger partial charge in [-0.1, -0.05) is 6.92 Å². The minimum Gasteiger partial charge on any atom is -0.480 e. The van der Waals surface area contributed by atoms with Gasteiger partial charge in [0.1, 0.15) is 6.33 Å². The summed E-state index contributed by atoms with van der Waals surface area (Å²) in [5.41, 5.74) is 0. The van der Waals surface area contributed by atoms with Crippen molar-refractivity contribution < 1.29 is 9.90 Å². The van der Waals surface area contributed by atoms with Gasteiger partial charge < -0.3 is 5.11 Å². The summed E-state index contributed by atoms with van der Waals surface area (Å²) < 4.78 is 1.24. The van der Waals surface area contributed by atoms with E-state index >= 15 is 0 Å². The van der Waals surface area contributed by atoms with Gasteiger partial charge in [-0.25, -0.2) is 14.5 Å². The number of carboxylic acids is 1. The minimum absolute atomic E-state index is 0.0645. The van der Waals surface area contributed by atoms with Crippen molar-refractivity contribution >= 4 is 17.6 Å². The molecule has 0 amide bonds. The zero-order valence-corrected chi connectivity index (χ0v) is 7.19. The maximum Gasteiger partial charge on any atom is 0.328 e. The molecule has 66 valence electrons. The topological polar surface area (TPSA) is 68.0 Å². The van der Waals surface area contributed by atoms with Crippen molar-refractivity contribution in [3.05, 3.63) is 11.6 Å². The van der Waals surface area contributed by atoms with Gasteiger partial charge in [0.15, 0.2) is 6.04 Å². The molecule has 0 aliphatic heterocycles. The Balaban J connectivity index is 2.87. The Kier molecular flexibility index (Phi) is 2.65. The monoisotopic (exact) mass is 189 g/mol. The lowest BCUT2D eigenvalue weighted by atomic mass is 10.2. The van der Waals surface area contributed by atoms with Crippen LogP contribution in [0.2, 0.25) is 5.28 Å². The molecular weight excluding hydrogens is 182 g/mol. The number of aliphatic carboxylic acids is 1. The van der Waals surface area contributed by atoms with Crippen molar-refractivity contribution in [3.8, 4) is 0 Å². The Morgan fingerprint density at radius 3 is 2.92 bits per heavy atom. The zero-order chi connectivity index (χ0) is 9.14. The maximum absolute atomic E-state index is 10.6. The van der Waals surface area contributed by atoms with E-state index in [-0.39, 0.29) is 5.28 Å². The molecule has 0 fully saturated rings. The molecule has 0 spiro atoms. The van der Waals surface area contributed by atoms with Crippen LogP contribution in [0, 0.1) is 0 Å². The van der Waals surface area contributed by atoms with Gasteiger partial charge in [0, 0.05) is 0 Å². The largest absolute Gasteiger partial charge is 0.480 e. The number of hydrogen-bond donors (Lipinski definition) is 1. The minimum atomic E-state index is -0.931. The molecule has 0 aliphatic rings. The lowest BCUT2D eigenvalue weighted by molar-refractivity contribution is -0.141. The van der Waals surface area contributed by atoms with Crippen LogP contribution < -0.4 is 0 Å². The van der Waals surface area contributed by atoms with Gasteiger partial charge in [-0.3, -0.25) is 0 Å². The fourth-order valence-corrected chi connectivity index (χ4v) is 1.01. The molecule has 6 heteroatoms. The number of carbonyl (C=O) groups is 1. The molecule has 0 bridgehead atoms. The predicted molar refractivity (Wildman–Crippen MR) is 42.0 cm³/mol. The zero-order valence-electron chi connectivity index (χ0n) is 6.44. The third-order valence-corrected chi connectivity index (χ3v) is 1.64. The molecule has 0 unspecified atom stereocenters. The van der Waals surface area contributed by atoms with Gasteiger partial charge >= 0.3 is 5.97 Å². The van der Waals surface area contributed by atoms with E-state index < -0.39 is 12.0 Å². The van der Waals surface area contributed by atoms with Gasteiger partial charge in [0.25, 0.3) is 0 Å². The van der Waals surface area contributed by atoms with Crippen LogP contribution in [0.5, 0.6) is 0 Å². The van der Waals surface area contributed by atoms with Crippen molar-refractivity contribution in [2.45, 2.75) is 19.4 Å². The normalized spacial score (nSPS) is 12.8. The van der Waals surface area contributed by atoms with E-state index in [0.717, 1.165) is 0 Å². The summed E-state index contributed by atoms with van der Waals surface area (Å²) in [5, 5.41) is 12.5. The van der Waals surface area contributed by atoms with Crippen molar-refractivity contribution in [2.24, 2.45) is 0 Å². The van der Waals surface area contributed by atoms with E-state index in [9.17, 15) is 4.79 Å². The fraction of sp³-hybridized carbons (Fsp3) is 0.500. The molecule has 1 rings (SSSR count). The van der Waals surface area contributed by atoms with Crippen molar-refractivity contribution in [2.75, 3.05) is 0 Å². The summed E-state index contributed by atoms with van der Waals surface area (Å²) in [4.78, 5) is 14.2. The number of halogens is 1. The second-order valence-corrected chi connectivity index (χ2v) is 2.59. The van der Waals surface area contributed by atoms with Crippen molar-refractivity contribution in [3.63, 3.8) is 0 Å². The lowest BCUT2D eigenvalue weighted by Gasteiger charge is -2.07. The smallest absolute Gasteiger partial charge is 0.328 e. The van der Waals surface area contributed by atoms with Gasteiger partial charge in [-0.15, -0.1) is 5.10 Å². The van der Waals surface area contributed by atoms with Gasteiger partial charge in [0.2, 0.25) is 5.28 Å². The van der Waals surface area contributed by atoms with Crippen molar-refractivity contribution in [1.82, 2.24) is 14.8 Å². The molecular formula is C6H8ClN3O2. The number of hydrogen-bond acceptors (Lipinski definition) is 3. The Hall–Kier alpha value is -1.10. The first-order chi connectivity index (χ1) is 5.65. The molecule has 1 atom stereocenters. The third kappa shape index (κ3) is 1.73.